The molecule has 0 saturated heterocycles. The quantitative estimate of drug-likeness (QED) is 0.536. The molecule has 0 aliphatic rings. The summed E-state index contributed by atoms with van der Waals surface area (Å²) in [6, 6.07) is 11.6. The molecule has 3 nitrogen and oxygen atoms in total. The number of benzene rings is 2. The third-order valence-corrected chi connectivity index (χ3v) is 5.80. The van der Waals surface area contributed by atoms with E-state index < -0.39 is 34.4 Å². The lowest BCUT2D eigenvalue weighted by molar-refractivity contribution is -0.0986. The lowest BCUT2D eigenvalue weighted by Crippen LogP contribution is -2.39. The fourth-order valence-electron chi connectivity index (χ4n) is 2.58. The molecule has 0 aliphatic heterocycles. The van der Waals surface area contributed by atoms with Crippen LogP contribution in [0.15, 0.2) is 71.6 Å². The zero-order valence-corrected chi connectivity index (χ0v) is 15.4. The Labute approximate surface area is 157 Å². The van der Waals surface area contributed by atoms with Crippen LogP contribution < -0.4 is 0 Å². The van der Waals surface area contributed by atoms with E-state index in [2.05, 4.69) is 12.5 Å². The summed E-state index contributed by atoms with van der Waals surface area (Å²) in [6.07, 6.45) is 0.491. The van der Waals surface area contributed by atoms with E-state index in [-0.39, 0.29) is 10.5 Å². The molecular formula is C20H18F3NO2S. The summed E-state index contributed by atoms with van der Waals surface area (Å²) in [7, 11) is -4.30. The predicted molar refractivity (Wildman–Crippen MR) is 98.3 cm³/mol. The summed E-state index contributed by atoms with van der Waals surface area (Å²) in [5.74, 6) is 2.15. The second-order valence-electron chi connectivity index (χ2n) is 5.90. The summed E-state index contributed by atoms with van der Waals surface area (Å²) in [4.78, 5) is -0.140. The van der Waals surface area contributed by atoms with Gasteiger partial charge in [-0.2, -0.15) is 17.5 Å². The van der Waals surface area contributed by atoms with Gasteiger partial charge < -0.3 is 0 Å². The van der Waals surface area contributed by atoms with Crippen LogP contribution in [0, 0.1) is 19.3 Å². The number of halogens is 3. The topological polar surface area (TPSA) is 37.4 Å². The van der Waals surface area contributed by atoms with Crippen LogP contribution in [0.4, 0.5) is 13.2 Å². The van der Waals surface area contributed by atoms with E-state index in [1.54, 1.807) is 25.1 Å². The van der Waals surface area contributed by atoms with E-state index in [9.17, 15) is 21.6 Å². The van der Waals surface area contributed by atoms with E-state index in [1.807, 2.05) is 0 Å². The van der Waals surface area contributed by atoms with Crippen molar-refractivity contribution in [2.24, 2.45) is 0 Å². The molecule has 0 heterocycles. The van der Waals surface area contributed by atoms with Crippen LogP contribution in [-0.2, 0) is 10.0 Å². The van der Waals surface area contributed by atoms with Gasteiger partial charge in [-0.25, -0.2) is 8.42 Å². The van der Waals surface area contributed by atoms with E-state index in [4.69, 9.17) is 6.42 Å². The van der Waals surface area contributed by atoms with Gasteiger partial charge in [-0.15, -0.1) is 6.42 Å². The number of terminal acetylenes is 1. The standard InChI is InChI=1S/C20H18F3NO2S/c1-4-14-24(27(25,26)18-12-10-15(2)11-13-18)19(16(3)20(21,22)23)17-8-6-5-7-9-17/h1,5-13,19H,3,14H2,2H3. The normalized spacial score (nSPS) is 13.2. The molecular weight excluding hydrogens is 375 g/mol. The Morgan fingerprint density at radius 2 is 1.70 bits per heavy atom. The SMILES string of the molecule is C#CCN(C(C(=C)C(F)(F)F)c1ccccc1)S(=O)(=O)c1ccc(C)cc1. The molecule has 2 rings (SSSR count). The van der Waals surface area contributed by atoms with Crippen LogP contribution in [-0.4, -0.2) is 25.4 Å². The first-order valence-corrected chi connectivity index (χ1v) is 9.36. The first-order chi connectivity index (χ1) is 12.6. The van der Waals surface area contributed by atoms with Crippen molar-refractivity contribution in [2.75, 3.05) is 6.54 Å². The highest BCUT2D eigenvalue weighted by molar-refractivity contribution is 7.89. The molecule has 0 aliphatic carbocycles. The molecule has 0 radical (unpaired) electrons. The van der Waals surface area contributed by atoms with Gasteiger partial charge in [0, 0.05) is 5.57 Å². The number of nitrogens with zero attached hydrogens (tertiary/aromatic N) is 1. The van der Waals surface area contributed by atoms with Crippen LogP contribution in [0.2, 0.25) is 0 Å². The molecule has 0 saturated carbocycles. The second kappa shape index (κ2) is 7.99. The Morgan fingerprint density at radius 1 is 1.15 bits per heavy atom. The van der Waals surface area contributed by atoms with Crippen molar-refractivity contribution < 1.29 is 21.6 Å². The Hall–Kier alpha value is -2.56. The van der Waals surface area contributed by atoms with Gasteiger partial charge in [0.25, 0.3) is 0 Å². The summed E-state index contributed by atoms with van der Waals surface area (Å²) < 4.78 is 67.2. The van der Waals surface area contributed by atoms with Crippen LogP contribution in [0.5, 0.6) is 0 Å². The minimum atomic E-state index is -4.80. The lowest BCUT2D eigenvalue weighted by atomic mass is 9.99. The number of sulfonamides is 1. The second-order valence-corrected chi connectivity index (χ2v) is 7.79. The molecule has 7 heteroatoms. The van der Waals surface area contributed by atoms with Gasteiger partial charge in [0.05, 0.1) is 17.5 Å². The number of alkyl halides is 3. The molecule has 27 heavy (non-hydrogen) atoms. The van der Waals surface area contributed by atoms with Gasteiger partial charge in [-0.05, 0) is 24.6 Å². The molecule has 1 unspecified atom stereocenters. The Kier molecular flexibility index (Phi) is 6.14. The Bertz CT molecular complexity index is 943. The maximum absolute atomic E-state index is 13.5. The van der Waals surface area contributed by atoms with Gasteiger partial charge in [-0.3, -0.25) is 0 Å². The summed E-state index contributed by atoms with van der Waals surface area (Å²) in [5, 5.41) is 0. The third kappa shape index (κ3) is 4.59. The molecule has 0 fully saturated rings. The van der Waals surface area contributed by atoms with E-state index in [0.29, 0.717) is 4.31 Å². The average molecular weight is 393 g/mol. The molecule has 0 aromatic heterocycles. The fraction of sp³-hybridized carbons (Fsp3) is 0.200. The molecule has 142 valence electrons. The lowest BCUT2D eigenvalue weighted by Gasteiger charge is -2.32. The van der Waals surface area contributed by atoms with Crippen molar-refractivity contribution in [3.63, 3.8) is 0 Å². The number of hydrogen-bond donors (Lipinski definition) is 0. The zero-order chi connectivity index (χ0) is 20.2. The monoisotopic (exact) mass is 393 g/mol. The molecule has 1 atom stereocenters. The predicted octanol–water partition coefficient (Wildman–Crippen LogP) is 4.48. The van der Waals surface area contributed by atoms with Gasteiger partial charge in [-0.1, -0.05) is 60.5 Å². The largest absolute Gasteiger partial charge is 0.414 e. The fourth-order valence-corrected chi connectivity index (χ4v) is 4.10. The first kappa shape index (κ1) is 20.7. The van der Waals surface area contributed by atoms with Crippen LogP contribution in [0.3, 0.4) is 0 Å². The third-order valence-electron chi connectivity index (χ3n) is 3.97. The molecule has 2 aromatic rings. The number of hydrogen-bond acceptors (Lipinski definition) is 2. The molecule has 0 amide bonds. The molecule has 2 aromatic carbocycles. The van der Waals surface area contributed by atoms with Crippen molar-refractivity contribution in [3.05, 3.63) is 77.9 Å². The average Bonchev–Trinajstić information content (AvgIpc) is 2.61. The van der Waals surface area contributed by atoms with Crippen LogP contribution in [0.1, 0.15) is 17.2 Å². The van der Waals surface area contributed by atoms with Crippen molar-refractivity contribution in [1.29, 1.82) is 0 Å². The highest BCUT2D eigenvalue weighted by Gasteiger charge is 2.43. The van der Waals surface area contributed by atoms with Gasteiger partial charge in [0.2, 0.25) is 10.0 Å². The summed E-state index contributed by atoms with van der Waals surface area (Å²) in [5.41, 5.74) is -0.262. The Balaban J connectivity index is 2.66. The van der Waals surface area contributed by atoms with E-state index in [1.165, 1.54) is 36.4 Å². The highest BCUT2D eigenvalue weighted by atomic mass is 32.2. The van der Waals surface area contributed by atoms with E-state index in [0.717, 1.165) is 5.56 Å². The van der Waals surface area contributed by atoms with Crippen molar-refractivity contribution in [3.8, 4) is 12.3 Å². The summed E-state index contributed by atoms with van der Waals surface area (Å²) in [6.45, 7) is 4.36. The minimum Gasteiger partial charge on any atom is -0.207 e. The maximum atomic E-state index is 13.5. The summed E-state index contributed by atoms with van der Waals surface area (Å²) >= 11 is 0. The van der Waals surface area contributed by atoms with Crippen molar-refractivity contribution >= 4 is 10.0 Å². The van der Waals surface area contributed by atoms with E-state index >= 15 is 0 Å². The highest BCUT2D eigenvalue weighted by Crippen LogP contribution is 2.40. The Morgan fingerprint density at radius 3 is 2.19 bits per heavy atom. The van der Waals surface area contributed by atoms with Crippen LogP contribution in [0.25, 0.3) is 0 Å². The molecule has 0 N–H and O–H groups in total. The minimum absolute atomic E-state index is 0.130. The zero-order valence-electron chi connectivity index (χ0n) is 14.6. The number of aryl methyl sites for hydroxylation is 1. The number of rotatable bonds is 6. The van der Waals surface area contributed by atoms with Gasteiger partial charge >= 0.3 is 6.18 Å². The van der Waals surface area contributed by atoms with Gasteiger partial charge in [0.1, 0.15) is 0 Å². The smallest absolute Gasteiger partial charge is 0.207 e. The van der Waals surface area contributed by atoms with Crippen molar-refractivity contribution in [2.45, 2.75) is 24.0 Å². The first-order valence-electron chi connectivity index (χ1n) is 7.92. The van der Waals surface area contributed by atoms with Crippen molar-refractivity contribution in [1.82, 2.24) is 4.31 Å². The van der Waals surface area contributed by atoms with Gasteiger partial charge in [0.15, 0.2) is 0 Å². The molecule has 0 bridgehead atoms. The van der Waals surface area contributed by atoms with Crippen LogP contribution >= 0.6 is 0 Å². The maximum Gasteiger partial charge on any atom is 0.414 e. The molecule has 0 spiro atoms.